The number of hydrogen-bond acceptors (Lipinski definition) is 6. The maximum Gasteiger partial charge on any atom is 0.433 e. The van der Waals surface area contributed by atoms with Crippen molar-refractivity contribution < 1.29 is 9.34 Å². The van der Waals surface area contributed by atoms with Crippen LogP contribution in [0.4, 0.5) is 5.88 Å². The highest BCUT2D eigenvalue weighted by atomic mass is 16.6. The maximum absolute atomic E-state index is 12.6. The van der Waals surface area contributed by atoms with Crippen LogP contribution in [-0.4, -0.2) is 26.3 Å². The largest absolute Gasteiger partial charge is 0.433 e. The van der Waals surface area contributed by atoms with Crippen molar-refractivity contribution in [3.63, 3.8) is 0 Å². The van der Waals surface area contributed by atoms with Crippen molar-refractivity contribution in [1.29, 1.82) is 0 Å². The molecule has 1 saturated carbocycles. The number of rotatable bonds is 4. The second-order valence-electron chi connectivity index (χ2n) is 7.17. The first kappa shape index (κ1) is 17.0. The number of nitrogens with one attached hydrogen (secondary N) is 1. The first-order chi connectivity index (χ1) is 12.6. The van der Waals surface area contributed by atoms with Gasteiger partial charge in [-0.15, -0.1) is 0 Å². The summed E-state index contributed by atoms with van der Waals surface area (Å²) in [5, 5.41) is 10.7. The quantitative estimate of drug-likeness (QED) is 0.665. The summed E-state index contributed by atoms with van der Waals surface area (Å²) >= 11 is 0. The van der Waals surface area contributed by atoms with Gasteiger partial charge in [0.15, 0.2) is 0 Å². The zero-order chi connectivity index (χ0) is 18.1. The van der Waals surface area contributed by atoms with Gasteiger partial charge in [-0.1, -0.05) is 19.3 Å². The van der Waals surface area contributed by atoms with E-state index in [0.29, 0.717) is 36.8 Å². The van der Waals surface area contributed by atoms with Crippen molar-refractivity contribution in [3.05, 3.63) is 55.4 Å². The summed E-state index contributed by atoms with van der Waals surface area (Å²) < 4.78 is 5.22. The number of furan rings is 1. The second-order valence-corrected chi connectivity index (χ2v) is 7.17. The molecule has 8 heteroatoms. The average Bonchev–Trinajstić information content (AvgIpc) is 3.12. The number of aromatic nitrogens is 2. The molecular formula is C18H22N4O4. The van der Waals surface area contributed by atoms with E-state index in [-0.39, 0.29) is 11.4 Å². The first-order valence-corrected chi connectivity index (χ1v) is 9.17. The molecule has 4 rings (SSSR count). The second kappa shape index (κ2) is 7.03. The number of aromatic amines is 1. The number of H-pyrrole nitrogens is 1. The predicted octanol–water partition coefficient (Wildman–Crippen LogP) is 2.88. The molecule has 3 heterocycles. The molecule has 0 saturated heterocycles. The maximum atomic E-state index is 12.6. The number of nitro groups is 1. The summed E-state index contributed by atoms with van der Waals surface area (Å²) in [6.07, 6.45) is 6.59. The topological polar surface area (TPSA) is 105 Å². The smallest absolute Gasteiger partial charge is 0.404 e. The van der Waals surface area contributed by atoms with Crippen molar-refractivity contribution >= 4 is 5.88 Å². The molecule has 0 radical (unpaired) electrons. The third-order valence-electron chi connectivity index (χ3n) is 5.36. The Bertz CT molecular complexity index is 866. The van der Waals surface area contributed by atoms with Gasteiger partial charge in [0.05, 0.1) is 23.9 Å². The molecule has 0 bridgehead atoms. The fraction of sp³-hybridized carbons (Fsp3) is 0.556. The molecule has 1 fully saturated rings. The molecule has 2 aromatic rings. The summed E-state index contributed by atoms with van der Waals surface area (Å²) in [5.41, 5.74) is 1.55. The molecule has 26 heavy (non-hydrogen) atoms. The Morgan fingerprint density at radius 1 is 1.31 bits per heavy atom. The standard InChI is InChI=1S/C18H22N4O4/c23-18-14-11-21(10-13-6-7-16(26-13)22(24)25)9-8-15(14)19-17(20-18)12-4-2-1-3-5-12/h6-7,12H,1-5,8-11H2,(H,19,20,23). The van der Waals surface area contributed by atoms with E-state index < -0.39 is 4.92 Å². The van der Waals surface area contributed by atoms with Gasteiger partial charge in [-0.3, -0.25) is 19.8 Å². The van der Waals surface area contributed by atoms with Gasteiger partial charge in [0, 0.05) is 25.4 Å². The van der Waals surface area contributed by atoms with E-state index in [1.807, 2.05) is 0 Å². The molecule has 2 aliphatic rings. The summed E-state index contributed by atoms with van der Waals surface area (Å²) in [5.74, 6) is 1.50. The summed E-state index contributed by atoms with van der Waals surface area (Å²) in [7, 11) is 0. The minimum Gasteiger partial charge on any atom is -0.404 e. The average molecular weight is 358 g/mol. The van der Waals surface area contributed by atoms with Crippen molar-refractivity contribution in [2.45, 2.75) is 57.5 Å². The van der Waals surface area contributed by atoms with Crippen LogP contribution in [0.15, 0.2) is 21.3 Å². The van der Waals surface area contributed by atoms with Gasteiger partial charge in [0.1, 0.15) is 16.5 Å². The van der Waals surface area contributed by atoms with Gasteiger partial charge in [0.25, 0.3) is 5.56 Å². The van der Waals surface area contributed by atoms with E-state index in [1.165, 1.54) is 25.3 Å². The number of nitrogens with zero attached hydrogens (tertiary/aromatic N) is 3. The van der Waals surface area contributed by atoms with E-state index in [1.54, 1.807) is 6.07 Å². The fourth-order valence-electron chi connectivity index (χ4n) is 3.97. The predicted molar refractivity (Wildman–Crippen MR) is 93.9 cm³/mol. The van der Waals surface area contributed by atoms with E-state index >= 15 is 0 Å². The summed E-state index contributed by atoms with van der Waals surface area (Å²) in [6.45, 7) is 1.68. The van der Waals surface area contributed by atoms with Crippen molar-refractivity contribution in [2.24, 2.45) is 0 Å². The molecule has 0 spiro atoms. The number of hydrogen-bond donors (Lipinski definition) is 1. The lowest BCUT2D eigenvalue weighted by atomic mass is 9.88. The normalized spacial score (nSPS) is 18.6. The molecule has 0 unspecified atom stereocenters. The highest BCUT2D eigenvalue weighted by Crippen LogP contribution is 2.31. The Hall–Kier alpha value is -2.48. The molecule has 0 amide bonds. The first-order valence-electron chi connectivity index (χ1n) is 9.17. The lowest BCUT2D eigenvalue weighted by Crippen LogP contribution is -2.36. The lowest BCUT2D eigenvalue weighted by Gasteiger charge is -2.28. The SMILES string of the molecule is O=c1[nH]c(C2CCCCC2)nc2c1CN(Cc1ccc([N+](=O)[O-])o1)CC2. The third-order valence-corrected chi connectivity index (χ3v) is 5.36. The van der Waals surface area contributed by atoms with Crippen molar-refractivity contribution in [2.75, 3.05) is 6.54 Å². The van der Waals surface area contributed by atoms with Gasteiger partial charge < -0.3 is 9.40 Å². The van der Waals surface area contributed by atoms with Gasteiger partial charge in [-0.05, 0) is 18.9 Å². The molecule has 2 aromatic heterocycles. The summed E-state index contributed by atoms with van der Waals surface area (Å²) in [6, 6.07) is 2.97. The zero-order valence-electron chi connectivity index (χ0n) is 14.6. The Labute approximate surface area is 150 Å². The fourth-order valence-corrected chi connectivity index (χ4v) is 3.97. The van der Waals surface area contributed by atoms with Crippen LogP contribution in [0.5, 0.6) is 0 Å². The van der Waals surface area contributed by atoms with Gasteiger partial charge in [-0.25, -0.2) is 4.98 Å². The van der Waals surface area contributed by atoms with Crippen LogP contribution in [0.2, 0.25) is 0 Å². The molecule has 138 valence electrons. The highest BCUT2D eigenvalue weighted by molar-refractivity contribution is 5.23. The minimum atomic E-state index is -0.545. The van der Waals surface area contributed by atoms with Crippen LogP contribution in [0.3, 0.4) is 0 Å². The monoisotopic (exact) mass is 358 g/mol. The molecule has 1 N–H and O–H groups in total. The van der Waals surface area contributed by atoms with Gasteiger partial charge in [0.2, 0.25) is 0 Å². The number of fused-ring (bicyclic) bond motifs is 1. The Kier molecular flexibility index (Phi) is 4.58. The van der Waals surface area contributed by atoms with Crippen LogP contribution in [0.1, 0.15) is 60.9 Å². The summed E-state index contributed by atoms with van der Waals surface area (Å²) in [4.78, 5) is 32.6. The van der Waals surface area contributed by atoms with Crippen molar-refractivity contribution in [3.8, 4) is 0 Å². The lowest BCUT2D eigenvalue weighted by molar-refractivity contribution is -0.402. The van der Waals surface area contributed by atoms with Crippen molar-refractivity contribution in [1.82, 2.24) is 14.9 Å². The van der Waals surface area contributed by atoms with E-state index in [9.17, 15) is 14.9 Å². The van der Waals surface area contributed by atoms with Crippen LogP contribution < -0.4 is 5.56 Å². The molecule has 0 aromatic carbocycles. The highest BCUT2D eigenvalue weighted by Gasteiger charge is 2.25. The minimum absolute atomic E-state index is 0.0503. The van der Waals surface area contributed by atoms with Gasteiger partial charge >= 0.3 is 5.88 Å². The molecule has 0 atom stereocenters. The molecule has 1 aliphatic carbocycles. The van der Waals surface area contributed by atoms with Crippen LogP contribution in [-0.2, 0) is 19.5 Å². The van der Waals surface area contributed by atoms with Crippen LogP contribution in [0.25, 0.3) is 0 Å². The van der Waals surface area contributed by atoms with E-state index in [0.717, 1.165) is 30.9 Å². The third kappa shape index (κ3) is 3.41. The van der Waals surface area contributed by atoms with Crippen LogP contribution in [0, 0.1) is 10.1 Å². The van der Waals surface area contributed by atoms with Crippen LogP contribution >= 0.6 is 0 Å². The van der Waals surface area contributed by atoms with E-state index in [4.69, 9.17) is 9.40 Å². The zero-order valence-corrected chi connectivity index (χ0v) is 14.6. The van der Waals surface area contributed by atoms with Gasteiger partial charge in [-0.2, -0.15) is 0 Å². The Morgan fingerprint density at radius 3 is 2.85 bits per heavy atom. The molecular weight excluding hydrogens is 336 g/mol. The molecule has 8 nitrogen and oxygen atoms in total. The Morgan fingerprint density at radius 2 is 2.12 bits per heavy atom. The van der Waals surface area contributed by atoms with E-state index in [2.05, 4.69) is 9.88 Å². The molecule has 1 aliphatic heterocycles. The Balaban J connectivity index is 1.49.